The Hall–Kier alpha value is -3.52. The monoisotopic (exact) mass is 458 g/mol. The van der Waals surface area contributed by atoms with Crippen molar-refractivity contribution in [3.63, 3.8) is 0 Å². The molecule has 7 nitrogen and oxygen atoms in total. The summed E-state index contributed by atoms with van der Waals surface area (Å²) in [6.07, 6.45) is 5.54. The van der Waals surface area contributed by atoms with Crippen molar-refractivity contribution in [2.24, 2.45) is 0 Å². The van der Waals surface area contributed by atoms with Gasteiger partial charge in [0.2, 0.25) is 5.91 Å². The molecule has 3 aromatic heterocycles. The first-order chi connectivity index (χ1) is 16.1. The Morgan fingerprint density at radius 1 is 1.18 bits per heavy atom. The predicted molar refractivity (Wildman–Crippen MR) is 133 cm³/mol. The summed E-state index contributed by atoms with van der Waals surface area (Å²) >= 11 is 1.53. The van der Waals surface area contributed by atoms with Crippen LogP contribution in [0.4, 0.5) is 10.9 Å². The summed E-state index contributed by atoms with van der Waals surface area (Å²) in [6, 6.07) is 12.4. The first-order valence-corrected chi connectivity index (χ1v) is 12.0. The van der Waals surface area contributed by atoms with Gasteiger partial charge in [0.25, 0.3) is 0 Å². The van der Waals surface area contributed by atoms with Gasteiger partial charge in [-0.1, -0.05) is 36.5 Å². The van der Waals surface area contributed by atoms with Crippen molar-refractivity contribution in [3.05, 3.63) is 59.4 Å². The molecule has 0 aliphatic heterocycles. The smallest absolute Gasteiger partial charge is 0.223 e. The molecule has 8 heteroatoms. The minimum Gasteiger partial charge on any atom is -0.373 e. The lowest BCUT2D eigenvalue weighted by Gasteiger charge is -2.11. The highest BCUT2D eigenvalue weighted by Crippen LogP contribution is 2.43. The zero-order chi connectivity index (χ0) is 22.9. The van der Waals surface area contributed by atoms with Crippen LogP contribution in [0.3, 0.4) is 0 Å². The lowest BCUT2D eigenvalue weighted by atomic mass is 10.0. The average Bonchev–Trinajstić information content (AvgIpc) is 3.34. The fraction of sp³-hybridized carbons (Fsp3) is 0.280. The number of rotatable bonds is 5. The Labute approximate surface area is 196 Å². The van der Waals surface area contributed by atoms with Crippen LogP contribution in [0, 0.1) is 0 Å². The van der Waals surface area contributed by atoms with Crippen LogP contribution in [0.25, 0.3) is 27.5 Å². The molecule has 1 aliphatic rings. The van der Waals surface area contributed by atoms with Crippen LogP contribution in [0.2, 0.25) is 0 Å². The molecule has 3 heterocycles. The quantitative estimate of drug-likeness (QED) is 0.434. The molecular weight excluding hydrogens is 432 g/mol. The van der Waals surface area contributed by atoms with E-state index < -0.39 is 0 Å². The van der Waals surface area contributed by atoms with Crippen LogP contribution >= 0.6 is 11.3 Å². The van der Waals surface area contributed by atoms with Crippen LogP contribution in [0.5, 0.6) is 0 Å². The zero-order valence-electron chi connectivity index (χ0n) is 19.0. The average molecular weight is 459 g/mol. The standard InChI is InChI=1S/C25H26N6OS/c1-4-16-8-5-6-11-20(16)31-23-18(22(30-31)17-12-13-21(26-3)27-14-17)9-7-10-19-24(23)33-25(29-19)28-15(2)32/h5-6,8,11-14H,4,7,9-10H2,1-3H3,(H,26,27)(H,28,29,32). The van der Waals surface area contributed by atoms with Gasteiger partial charge in [-0.2, -0.15) is 5.10 Å². The Morgan fingerprint density at radius 3 is 2.76 bits per heavy atom. The number of amides is 1. The molecule has 0 fully saturated rings. The van der Waals surface area contributed by atoms with Gasteiger partial charge in [0.15, 0.2) is 5.13 Å². The lowest BCUT2D eigenvalue weighted by molar-refractivity contribution is -0.114. The van der Waals surface area contributed by atoms with Gasteiger partial charge in [0.05, 0.1) is 27.6 Å². The number of para-hydroxylation sites is 1. The largest absolute Gasteiger partial charge is 0.373 e. The summed E-state index contributed by atoms with van der Waals surface area (Å²) in [4.78, 5) is 22.0. The van der Waals surface area contributed by atoms with Crippen molar-refractivity contribution >= 4 is 28.2 Å². The molecule has 2 N–H and O–H groups in total. The number of benzene rings is 1. The molecule has 0 bridgehead atoms. The number of nitrogens with zero attached hydrogens (tertiary/aromatic N) is 4. The van der Waals surface area contributed by atoms with Crippen molar-refractivity contribution in [3.8, 4) is 27.5 Å². The number of carbonyl (C=O) groups is 1. The van der Waals surface area contributed by atoms with Crippen molar-refractivity contribution in [2.45, 2.75) is 39.5 Å². The van der Waals surface area contributed by atoms with Gasteiger partial charge < -0.3 is 10.6 Å². The molecule has 1 aromatic carbocycles. The number of nitrogens with one attached hydrogen (secondary N) is 2. The Morgan fingerprint density at radius 2 is 2.03 bits per heavy atom. The Kier molecular flexibility index (Phi) is 5.68. The van der Waals surface area contributed by atoms with Gasteiger partial charge >= 0.3 is 0 Å². The normalized spacial score (nSPS) is 12.6. The molecule has 0 saturated heterocycles. The first-order valence-electron chi connectivity index (χ1n) is 11.2. The summed E-state index contributed by atoms with van der Waals surface area (Å²) in [5.41, 5.74) is 7.55. The third kappa shape index (κ3) is 3.91. The number of aryl methyl sites for hydroxylation is 2. The van der Waals surface area contributed by atoms with E-state index >= 15 is 0 Å². The van der Waals surface area contributed by atoms with Crippen molar-refractivity contribution in [1.82, 2.24) is 19.7 Å². The number of fused-ring (bicyclic) bond motifs is 3. The molecule has 0 unspecified atom stereocenters. The summed E-state index contributed by atoms with van der Waals surface area (Å²) in [5, 5.41) is 11.7. The van der Waals surface area contributed by atoms with E-state index in [0.29, 0.717) is 5.13 Å². The van der Waals surface area contributed by atoms with Crippen LogP contribution in [-0.2, 0) is 24.1 Å². The van der Waals surface area contributed by atoms with Crippen molar-refractivity contribution in [2.75, 3.05) is 17.7 Å². The second kappa shape index (κ2) is 8.78. The molecule has 1 aliphatic carbocycles. The molecule has 1 amide bonds. The molecule has 33 heavy (non-hydrogen) atoms. The Balaban J connectivity index is 1.77. The molecule has 0 radical (unpaired) electrons. The molecule has 0 saturated carbocycles. The SMILES string of the molecule is CCc1ccccc1-n1nc(-c2ccc(NC)nc2)c2c1-c1sc(NC(C)=O)nc1CCC2. The zero-order valence-corrected chi connectivity index (χ0v) is 19.8. The number of hydrogen-bond donors (Lipinski definition) is 2. The maximum absolute atomic E-state index is 11.7. The highest BCUT2D eigenvalue weighted by molar-refractivity contribution is 7.19. The summed E-state index contributed by atoms with van der Waals surface area (Å²) in [7, 11) is 1.86. The summed E-state index contributed by atoms with van der Waals surface area (Å²) in [6.45, 7) is 3.68. The second-order valence-corrected chi connectivity index (χ2v) is 9.08. The van der Waals surface area contributed by atoms with Gasteiger partial charge in [-0.3, -0.25) is 4.79 Å². The maximum atomic E-state index is 11.7. The third-order valence-electron chi connectivity index (χ3n) is 5.91. The fourth-order valence-electron chi connectivity index (χ4n) is 4.37. The topological polar surface area (TPSA) is 84.7 Å². The van der Waals surface area contributed by atoms with E-state index in [1.54, 1.807) is 0 Å². The molecule has 4 aromatic rings. The Bertz CT molecular complexity index is 1320. The fourth-order valence-corrected chi connectivity index (χ4v) is 5.48. The molecule has 168 valence electrons. The molecule has 5 rings (SSSR count). The highest BCUT2D eigenvalue weighted by atomic mass is 32.1. The first kappa shape index (κ1) is 21.3. The van der Waals surface area contributed by atoms with E-state index in [9.17, 15) is 4.79 Å². The van der Waals surface area contributed by atoms with Gasteiger partial charge in [-0.05, 0) is 49.4 Å². The number of carbonyl (C=O) groups excluding carboxylic acids is 1. The molecular formula is C25H26N6OS. The van der Waals surface area contributed by atoms with Crippen molar-refractivity contribution in [1.29, 1.82) is 0 Å². The van der Waals surface area contributed by atoms with E-state index in [0.717, 1.165) is 64.7 Å². The van der Waals surface area contributed by atoms with E-state index in [1.165, 1.54) is 29.4 Å². The van der Waals surface area contributed by atoms with Gasteiger partial charge in [-0.25, -0.2) is 14.6 Å². The van der Waals surface area contributed by atoms with Crippen LogP contribution in [0.1, 0.15) is 37.1 Å². The van der Waals surface area contributed by atoms with Gasteiger partial charge in [-0.15, -0.1) is 0 Å². The van der Waals surface area contributed by atoms with Gasteiger partial charge in [0.1, 0.15) is 5.82 Å². The third-order valence-corrected chi connectivity index (χ3v) is 6.93. The van der Waals surface area contributed by atoms with E-state index in [-0.39, 0.29) is 5.91 Å². The molecule has 0 spiro atoms. The van der Waals surface area contributed by atoms with Crippen LogP contribution < -0.4 is 10.6 Å². The van der Waals surface area contributed by atoms with E-state index in [2.05, 4.69) is 57.6 Å². The van der Waals surface area contributed by atoms with Crippen LogP contribution in [-0.4, -0.2) is 32.7 Å². The highest BCUT2D eigenvalue weighted by Gasteiger charge is 2.29. The number of pyridine rings is 1. The minimum absolute atomic E-state index is 0.111. The van der Waals surface area contributed by atoms with E-state index in [1.807, 2.05) is 19.3 Å². The number of hydrogen-bond acceptors (Lipinski definition) is 6. The number of aromatic nitrogens is 4. The lowest BCUT2D eigenvalue weighted by Crippen LogP contribution is -2.05. The van der Waals surface area contributed by atoms with Gasteiger partial charge in [0, 0.05) is 31.3 Å². The predicted octanol–water partition coefficient (Wildman–Crippen LogP) is 5.11. The second-order valence-electron chi connectivity index (χ2n) is 8.08. The van der Waals surface area contributed by atoms with Crippen LogP contribution in [0.15, 0.2) is 42.6 Å². The number of anilines is 2. The van der Waals surface area contributed by atoms with Crippen molar-refractivity contribution < 1.29 is 4.79 Å². The summed E-state index contributed by atoms with van der Waals surface area (Å²) < 4.78 is 2.08. The molecule has 0 atom stereocenters. The summed E-state index contributed by atoms with van der Waals surface area (Å²) in [5.74, 6) is 0.714. The maximum Gasteiger partial charge on any atom is 0.223 e. The minimum atomic E-state index is -0.111. The van der Waals surface area contributed by atoms with E-state index in [4.69, 9.17) is 10.1 Å². The number of thiazole rings is 1.